The Balaban J connectivity index is 1.64. The summed E-state index contributed by atoms with van der Waals surface area (Å²) in [5.41, 5.74) is 3.26. The number of amides is 1. The van der Waals surface area contributed by atoms with Crippen molar-refractivity contribution in [2.75, 3.05) is 20.3 Å². The van der Waals surface area contributed by atoms with Gasteiger partial charge in [0.2, 0.25) is 0 Å². The molecule has 6 nitrogen and oxygen atoms in total. The molecule has 1 amide bonds. The van der Waals surface area contributed by atoms with Crippen molar-refractivity contribution in [1.82, 2.24) is 4.90 Å². The molecule has 1 aliphatic heterocycles. The second-order valence-corrected chi connectivity index (χ2v) is 8.78. The van der Waals surface area contributed by atoms with Crippen molar-refractivity contribution in [3.05, 3.63) is 106 Å². The minimum absolute atomic E-state index is 0.0156. The number of benzene rings is 3. The van der Waals surface area contributed by atoms with Crippen LogP contribution in [0.15, 0.2) is 78.4 Å². The normalized spacial score (nSPS) is 17.1. The maximum absolute atomic E-state index is 13.0. The fourth-order valence-electron chi connectivity index (χ4n) is 4.16. The number of aryl methyl sites for hydroxylation is 1. The van der Waals surface area contributed by atoms with Crippen LogP contribution < -0.4 is 4.74 Å². The first kappa shape index (κ1) is 24.5. The molecule has 1 saturated heterocycles. The number of ketones is 1. The Morgan fingerprint density at radius 3 is 2.46 bits per heavy atom. The fourth-order valence-corrected chi connectivity index (χ4v) is 4.36. The van der Waals surface area contributed by atoms with Crippen LogP contribution in [0.1, 0.15) is 28.3 Å². The van der Waals surface area contributed by atoms with Crippen molar-refractivity contribution < 1.29 is 24.2 Å². The molecule has 1 N–H and O–H groups in total. The highest BCUT2D eigenvalue weighted by molar-refractivity contribution is 6.46. The minimum atomic E-state index is -0.777. The first-order chi connectivity index (χ1) is 16.9. The summed E-state index contributed by atoms with van der Waals surface area (Å²) < 4.78 is 11.0. The summed E-state index contributed by atoms with van der Waals surface area (Å²) in [6.45, 7) is 2.88. The number of rotatable bonds is 8. The van der Waals surface area contributed by atoms with Gasteiger partial charge in [-0.2, -0.15) is 0 Å². The molecule has 0 radical (unpaired) electrons. The van der Waals surface area contributed by atoms with E-state index in [2.05, 4.69) is 6.07 Å². The number of carbonyl (C=O) groups is 2. The standard InChI is InChI=1S/C28H26ClNO5/c1-18-5-3-6-19(15-18)17-35-23-11-9-20(10-12-23)26(31)24-25(21-7-4-8-22(29)16-21)30(13-14-34-2)28(33)27(24)32/h3-12,15-16,25,31H,13-14,17H2,1-2H3/b26-24+/t25-/m1/s1. The second kappa shape index (κ2) is 10.8. The van der Waals surface area contributed by atoms with E-state index in [4.69, 9.17) is 21.1 Å². The van der Waals surface area contributed by atoms with Crippen LogP contribution in [0.2, 0.25) is 5.02 Å². The lowest BCUT2D eigenvalue weighted by molar-refractivity contribution is -0.140. The Hall–Kier alpha value is -3.61. The number of carbonyl (C=O) groups excluding carboxylic acids is 2. The molecule has 0 bridgehead atoms. The van der Waals surface area contributed by atoms with E-state index < -0.39 is 17.7 Å². The second-order valence-electron chi connectivity index (χ2n) is 8.34. The molecule has 3 aromatic rings. The van der Waals surface area contributed by atoms with E-state index in [0.29, 0.717) is 28.5 Å². The number of likely N-dealkylation sites (tertiary alicyclic amines) is 1. The predicted molar refractivity (Wildman–Crippen MR) is 134 cm³/mol. The first-order valence-corrected chi connectivity index (χ1v) is 11.6. The fraction of sp³-hybridized carbons (Fsp3) is 0.214. The number of Topliss-reactive ketones (excluding diaryl/α,β-unsaturated/α-hetero) is 1. The molecule has 1 heterocycles. The topological polar surface area (TPSA) is 76.1 Å². The van der Waals surface area contributed by atoms with Gasteiger partial charge in [0.1, 0.15) is 18.1 Å². The Morgan fingerprint density at radius 2 is 1.77 bits per heavy atom. The van der Waals surface area contributed by atoms with Crippen molar-refractivity contribution in [2.24, 2.45) is 0 Å². The molecular weight excluding hydrogens is 466 g/mol. The largest absolute Gasteiger partial charge is 0.507 e. The summed E-state index contributed by atoms with van der Waals surface area (Å²) >= 11 is 6.19. The highest BCUT2D eigenvalue weighted by Gasteiger charge is 2.45. The van der Waals surface area contributed by atoms with Crippen LogP contribution in [0, 0.1) is 6.92 Å². The molecule has 0 aliphatic carbocycles. The van der Waals surface area contributed by atoms with Gasteiger partial charge in [-0.3, -0.25) is 9.59 Å². The average Bonchev–Trinajstić information content (AvgIpc) is 3.11. The number of aliphatic hydroxyl groups is 1. The van der Waals surface area contributed by atoms with Gasteiger partial charge in [-0.15, -0.1) is 0 Å². The maximum Gasteiger partial charge on any atom is 0.295 e. The van der Waals surface area contributed by atoms with Gasteiger partial charge in [-0.1, -0.05) is 53.6 Å². The van der Waals surface area contributed by atoms with Crippen molar-refractivity contribution in [1.29, 1.82) is 0 Å². The molecule has 0 spiro atoms. The van der Waals surface area contributed by atoms with Gasteiger partial charge < -0.3 is 19.5 Å². The predicted octanol–water partition coefficient (Wildman–Crippen LogP) is 5.30. The zero-order chi connectivity index (χ0) is 24.9. The lowest BCUT2D eigenvalue weighted by Crippen LogP contribution is -2.32. The van der Waals surface area contributed by atoms with Crippen molar-refractivity contribution in [2.45, 2.75) is 19.6 Å². The SMILES string of the molecule is COCCN1C(=O)C(=O)/C(=C(/O)c2ccc(OCc3cccc(C)c3)cc2)[C@H]1c1cccc(Cl)c1. The van der Waals surface area contributed by atoms with Gasteiger partial charge in [-0.25, -0.2) is 0 Å². The van der Waals surface area contributed by atoms with E-state index in [9.17, 15) is 14.7 Å². The molecule has 0 aromatic heterocycles. The van der Waals surface area contributed by atoms with Gasteiger partial charge in [0.25, 0.3) is 11.7 Å². The smallest absolute Gasteiger partial charge is 0.295 e. The van der Waals surface area contributed by atoms with E-state index in [1.807, 2.05) is 25.1 Å². The molecule has 180 valence electrons. The summed E-state index contributed by atoms with van der Waals surface area (Å²) in [6, 6.07) is 21.0. The molecule has 0 unspecified atom stereocenters. The number of hydrogen-bond donors (Lipinski definition) is 1. The summed E-state index contributed by atoms with van der Waals surface area (Å²) in [5, 5.41) is 11.6. The van der Waals surface area contributed by atoms with E-state index in [0.717, 1.165) is 11.1 Å². The van der Waals surface area contributed by atoms with Gasteiger partial charge in [-0.05, 0) is 54.4 Å². The van der Waals surface area contributed by atoms with Crippen molar-refractivity contribution >= 4 is 29.1 Å². The van der Waals surface area contributed by atoms with Gasteiger partial charge in [0.05, 0.1) is 18.2 Å². The van der Waals surface area contributed by atoms with Gasteiger partial charge >= 0.3 is 0 Å². The molecule has 0 saturated carbocycles. The number of halogens is 1. The Morgan fingerprint density at radius 1 is 1.03 bits per heavy atom. The maximum atomic E-state index is 13.0. The lowest BCUT2D eigenvalue weighted by Gasteiger charge is -2.25. The van der Waals surface area contributed by atoms with Crippen LogP contribution in [-0.2, 0) is 20.9 Å². The molecular formula is C28H26ClNO5. The highest BCUT2D eigenvalue weighted by atomic mass is 35.5. The van der Waals surface area contributed by atoms with Crippen LogP contribution in [0.5, 0.6) is 5.75 Å². The van der Waals surface area contributed by atoms with Crippen LogP contribution in [0.3, 0.4) is 0 Å². The number of methoxy groups -OCH3 is 1. The van der Waals surface area contributed by atoms with Gasteiger partial charge in [0, 0.05) is 24.2 Å². The van der Waals surface area contributed by atoms with Crippen LogP contribution in [-0.4, -0.2) is 42.0 Å². The Labute approximate surface area is 209 Å². The minimum Gasteiger partial charge on any atom is -0.507 e. The summed E-state index contributed by atoms with van der Waals surface area (Å²) in [6.07, 6.45) is 0. The van der Waals surface area contributed by atoms with Crippen molar-refractivity contribution in [3.8, 4) is 5.75 Å². The molecule has 35 heavy (non-hydrogen) atoms. The molecule has 7 heteroatoms. The van der Waals surface area contributed by atoms with Crippen LogP contribution in [0.25, 0.3) is 5.76 Å². The van der Waals surface area contributed by atoms with E-state index in [-0.39, 0.29) is 24.5 Å². The van der Waals surface area contributed by atoms with Crippen molar-refractivity contribution in [3.63, 3.8) is 0 Å². The lowest BCUT2D eigenvalue weighted by atomic mass is 9.95. The zero-order valence-corrected chi connectivity index (χ0v) is 20.3. The van der Waals surface area contributed by atoms with Crippen LogP contribution in [0.4, 0.5) is 0 Å². The summed E-state index contributed by atoms with van der Waals surface area (Å²) in [5.74, 6) is -1.07. The highest BCUT2D eigenvalue weighted by Crippen LogP contribution is 2.40. The number of nitrogens with zero attached hydrogens (tertiary/aromatic N) is 1. The quantitative estimate of drug-likeness (QED) is 0.263. The third kappa shape index (κ3) is 5.39. The molecule has 3 aromatic carbocycles. The number of aliphatic hydroxyl groups excluding tert-OH is 1. The van der Waals surface area contributed by atoms with Crippen LogP contribution >= 0.6 is 11.6 Å². The third-order valence-corrected chi connectivity index (χ3v) is 6.09. The Kier molecular flexibility index (Phi) is 7.54. The van der Waals surface area contributed by atoms with E-state index >= 15 is 0 Å². The van der Waals surface area contributed by atoms with E-state index in [1.165, 1.54) is 12.0 Å². The molecule has 1 aliphatic rings. The average molecular weight is 492 g/mol. The third-order valence-electron chi connectivity index (χ3n) is 5.86. The summed E-state index contributed by atoms with van der Waals surface area (Å²) in [7, 11) is 1.52. The van der Waals surface area contributed by atoms with Gasteiger partial charge in [0.15, 0.2) is 0 Å². The molecule has 1 fully saturated rings. The monoisotopic (exact) mass is 491 g/mol. The molecule has 4 rings (SSSR count). The molecule has 1 atom stereocenters. The number of hydrogen-bond acceptors (Lipinski definition) is 5. The summed E-state index contributed by atoms with van der Waals surface area (Å²) in [4.78, 5) is 27.3. The van der Waals surface area contributed by atoms with E-state index in [1.54, 1.807) is 48.5 Å². The zero-order valence-electron chi connectivity index (χ0n) is 19.5. The Bertz CT molecular complexity index is 1270. The number of ether oxygens (including phenoxy) is 2. The first-order valence-electron chi connectivity index (χ1n) is 11.2.